The Bertz CT molecular complexity index is 428. The van der Waals surface area contributed by atoms with Crippen molar-refractivity contribution in [3.8, 4) is 0 Å². The maximum absolute atomic E-state index is 5.85. The molecule has 21 heavy (non-hydrogen) atoms. The summed E-state index contributed by atoms with van der Waals surface area (Å²) in [4.78, 5) is 18.3. The molecule has 1 aromatic heterocycles. The summed E-state index contributed by atoms with van der Waals surface area (Å²) in [6, 6.07) is 0. The smallest absolute Gasteiger partial charge is 0.246 e. The van der Waals surface area contributed by atoms with Gasteiger partial charge in [0.25, 0.3) is 0 Å². The fourth-order valence-corrected chi connectivity index (χ4v) is 2.97. The van der Waals surface area contributed by atoms with Crippen molar-refractivity contribution in [3.63, 3.8) is 0 Å². The Hall–Kier alpha value is -1.63. The Morgan fingerprint density at radius 3 is 1.57 bits per heavy atom. The molecule has 116 valence electrons. The first-order valence-corrected chi connectivity index (χ1v) is 7.98. The van der Waals surface area contributed by atoms with E-state index in [-0.39, 0.29) is 0 Å². The standard InChI is InChI=1S/C14H25N7/c1-19(15)12-16-13(20-8-4-2-5-9-20)18-14(17-12)21-10-6-3-7-11-21/h2-11,15H2,1H3. The molecule has 7 heteroatoms. The summed E-state index contributed by atoms with van der Waals surface area (Å²) in [5, 5.41) is 1.47. The molecule has 0 spiro atoms. The number of aromatic nitrogens is 3. The normalized spacial score (nSPS) is 19.7. The van der Waals surface area contributed by atoms with E-state index in [4.69, 9.17) is 10.8 Å². The van der Waals surface area contributed by atoms with E-state index in [1.54, 1.807) is 7.05 Å². The molecule has 0 atom stereocenters. The average Bonchev–Trinajstić information content (AvgIpc) is 2.56. The van der Waals surface area contributed by atoms with Crippen LogP contribution in [0.25, 0.3) is 0 Å². The van der Waals surface area contributed by atoms with Gasteiger partial charge in [0.05, 0.1) is 0 Å². The highest BCUT2D eigenvalue weighted by atomic mass is 15.5. The lowest BCUT2D eigenvalue weighted by Crippen LogP contribution is -2.36. The Labute approximate surface area is 126 Å². The van der Waals surface area contributed by atoms with Gasteiger partial charge in [0, 0.05) is 33.2 Å². The molecule has 1 aromatic rings. The van der Waals surface area contributed by atoms with Crippen molar-refractivity contribution < 1.29 is 0 Å². The third-order valence-corrected chi connectivity index (χ3v) is 4.19. The molecule has 2 fully saturated rings. The van der Waals surface area contributed by atoms with Crippen LogP contribution < -0.4 is 20.7 Å². The van der Waals surface area contributed by atoms with Crippen LogP contribution in [0.2, 0.25) is 0 Å². The highest BCUT2D eigenvalue weighted by Gasteiger charge is 2.20. The molecule has 2 aliphatic heterocycles. The fourth-order valence-electron chi connectivity index (χ4n) is 2.97. The second-order valence-corrected chi connectivity index (χ2v) is 5.94. The first-order valence-electron chi connectivity index (χ1n) is 7.98. The highest BCUT2D eigenvalue weighted by Crippen LogP contribution is 2.22. The molecule has 0 aromatic carbocycles. The molecule has 0 aliphatic carbocycles. The minimum Gasteiger partial charge on any atom is -0.341 e. The van der Waals surface area contributed by atoms with Crippen molar-refractivity contribution in [3.05, 3.63) is 0 Å². The minimum absolute atomic E-state index is 0.547. The molecular formula is C14H25N7. The van der Waals surface area contributed by atoms with Gasteiger partial charge >= 0.3 is 0 Å². The molecule has 0 bridgehead atoms. The zero-order valence-corrected chi connectivity index (χ0v) is 12.8. The zero-order valence-electron chi connectivity index (χ0n) is 12.8. The van der Waals surface area contributed by atoms with Crippen molar-refractivity contribution in [2.45, 2.75) is 38.5 Å². The predicted octanol–water partition coefficient (Wildman–Crippen LogP) is 1.16. The molecule has 0 unspecified atom stereocenters. The van der Waals surface area contributed by atoms with Gasteiger partial charge in [-0.3, -0.25) is 5.01 Å². The van der Waals surface area contributed by atoms with Crippen LogP contribution in [0.1, 0.15) is 38.5 Å². The molecule has 2 N–H and O–H groups in total. The SMILES string of the molecule is CN(N)c1nc(N2CCCCC2)nc(N2CCCCC2)n1. The van der Waals surface area contributed by atoms with Crippen molar-refractivity contribution in [2.24, 2.45) is 5.84 Å². The summed E-state index contributed by atoms with van der Waals surface area (Å²) < 4.78 is 0. The van der Waals surface area contributed by atoms with Crippen LogP contribution in [0, 0.1) is 0 Å². The van der Waals surface area contributed by atoms with E-state index in [1.165, 1.54) is 43.5 Å². The Morgan fingerprint density at radius 1 is 0.762 bits per heavy atom. The Morgan fingerprint density at radius 2 is 1.19 bits per heavy atom. The number of rotatable bonds is 3. The van der Waals surface area contributed by atoms with Gasteiger partial charge in [-0.15, -0.1) is 0 Å². The first-order chi connectivity index (χ1) is 10.2. The fraction of sp³-hybridized carbons (Fsp3) is 0.786. The minimum atomic E-state index is 0.547. The lowest BCUT2D eigenvalue weighted by atomic mass is 10.1. The van der Waals surface area contributed by atoms with Crippen LogP contribution in [-0.2, 0) is 0 Å². The second-order valence-electron chi connectivity index (χ2n) is 5.94. The van der Waals surface area contributed by atoms with E-state index < -0.39 is 0 Å². The molecule has 2 saturated heterocycles. The molecule has 3 heterocycles. The summed E-state index contributed by atoms with van der Waals surface area (Å²) >= 11 is 0. The molecule has 3 rings (SSSR count). The largest absolute Gasteiger partial charge is 0.341 e. The lowest BCUT2D eigenvalue weighted by Gasteiger charge is -2.30. The number of anilines is 3. The van der Waals surface area contributed by atoms with Crippen LogP contribution in [0.15, 0.2) is 0 Å². The number of hydrogen-bond donors (Lipinski definition) is 1. The van der Waals surface area contributed by atoms with E-state index in [9.17, 15) is 0 Å². The highest BCUT2D eigenvalue weighted by molar-refractivity contribution is 5.46. The summed E-state index contributed by atoms with van der Waals surface area (Å²) in [7, 11) is 1.77. The van der Waals surface area contributed by atoms with Crippen molar-refractivity contribution >= 4 is 17.8 Å². The Kier molecular flexibility index (Phi) is 4.38. The van der Waals surface area contributed by atoms with Crippen molar-refractivity contribution in [2.75, 3.05) is 48.0 Å². The van der Waals surface area contributed by atoms with Crippen LogP contribution in [-0.4, -0.2) is 48.2 Å². The number of hydrogen-bond acceptors (Lipinski definition) is 7. The summed E-state index contributed by atoms with van der Waals surface area (Å²) in [5.74, 6) is 7.95. The molecule has 0 radical (unpaired) electrons. The second kappa shape index (κ2) is 6.43. The van der Waals surface area contributed by atoms with Crippen LogP contribution in [0.4, 0.5) is 17.8 Å². The van der Waals surface area contributed by atoms with Gasteiger partial charge in [0.2, 0.25) is 17.8 Å². The van der Waals surface area contributed by atoms with Gasteiger partial charge < -0.3 is 9.80 Å². The van der Waals surface area contributed by atoms with Crippen LogP contribution >= 0.6 is 0 Å². The van der Waals surface area contributed by atoms with Gasteiger partial charge in [0.15, 0.2) is 0 Å². The third-order valence-electron chi connectivity index (χ3n) is 4.19. The number of piperidine rings is 2. The topological polar surface area (TPSA) is 74.4 Å². The molecule has 0 saturated carbocycles. The summed E-state index contributed by atoms with van der Waals surface area (Å²) in [6.07, 6.45) is 7.42. The van der Waals surface area contributed by atoms with Gasteiger partial charge in [-0.05, 0) is 38.5 Å². The van der Waals surface area contributed by atoms with E-state index in [0.717, 1.165) is 38.1 Å². The van der Waals surface area contributed by atoms with Gasteiger partial charge in [0.1, 0.15) is 0 Å². The predicted molar refractivity (Wildman–Crippen MR) is 84.5 cm³/mol. The zero-order chi connectivity index (χ0) is 14.7. The number of nitrogens with zero attached hydrogens (tertiary/aromatic N) is 6. The summed E-state index contributed by atoms with van der Waals surface area (Å²) in [6.45, 7) is 4.10. The van der Waals surface area contributed by atoms with E-state index in [1.807, 2.05) is 0 Å². The van der Waals surface area contributed by atoms with Crippen molar-refractivity contribution in [1.29, 1.82) is 0 Å². The van der Waals surface area contributed by atoms with Crippen LogP contribution in [0.5, 0.6) is 0 Å². The molecular weight excluding hydrogens is 266 g/mol. The molecule has 0 amide bonds. The lowest BCUT2D eigenvalue weighted by molar-refractivity contribution is 0.555. The van der Waals surface area contributed by atoms with E-state index in [0.29, 0.717) is 5.95 Å². The molecule has 2 aliphatic rings. The Balaban J connectivity index is 1.89. The first kappa shape index (κ1) is 14.3. The third kappa shape index (κ3) is 3.34. The average molecular weight is 291 g/mol. The molecule has 7 nitrogen and oxygen atoms in total. The van der Waals surface area contributed by atoms with E-state index >= 15 is 0 Å². The number of hydrazine groups is 1. The van der Waals surface area contributed by atoms with Crippen molar-refractivity contribution in [1.82, 2.24) is 15.0 Å². The van der Waals surface area contributed by atoms with Gasteiger partial charge in [-0.2, -0.15) is 15.0 Å². The van der Waals surface area contributed by atoms with Gasteiger partial charge in [-0.1, -0.05) is 0 Å². The van der Waals surface area contributed by atoms with Crippen LogP contribution in [0.3, 0.4) is 0 Å². The number of nitrogens with two attached hydrogens (primary N) is 1. The van der Waals surface area contributed by atoms with E-state index in [2.05, 4.69) is 19.8 Å². The summed E-state index contributed by atoms with van der Waals surface area (Å²) in [5.41, 5.74) is 0. The van der Waals surface area contributed by atoms with Gasteiger partial charge in [-0.25, -0.2) is 5.84 Å². The maximum Gasteiger partial charge on any atom is 0.246 e. The monoisotopic (exact) mass is 291 g/mol. The maximum atomic E-state index is 5.85. The quantitative estimate of drug-likeness (QED) is 0.661.